The third-order valence-electron chi connectivity index (χ3n) is 6.17. The largest absolute Gasteiger partial charge is 0.508 e. The van der Waals surface area contributed by atoms with Crippen LogP contribution in [0.3, 0.4) is 0 Å². The maximum Gasteiger partial charge on any atom is 0.255 e. The number of carbonyl (C=O) groups is 2. The fourth-order valence-electron chi connectivity index (χ4n) is 4.13. The maximum atomic E-state index is 13.3. The van der Waals surface area contributed by atoms with Crippen LogP contribution in [-0.2, 0) is 6.42 Å². The molecule has 0 fully saturated rings. The van der Waals surface area contributed by atoms with Crippen molar-refractivity contribution in [1.82, 2.24) is 4.98 Å². The topological polar surface area (TPSA) is 121 Å². The number of nitrogens with two attached hydrogens (primary N) is 1. The second kappa shape index (κ2) is 10.3. The SMILES string of the molecule is Nc1ccccc1NC(=O)c1ccc(CCC(=O)c2[nH]c(-c3ccoc3)cc2-c2ccc(O)cc2)cc1. The number of aromatic nitrogens is 1. The Balaban J connectivity index is 1.30. The molecule has 0 atom stereocenters. The van der Waals surface area contributed by atoms with Gasteiger partial charge in [0.05, 0.1) is 29.6 Å². The second-order valence-electron chi connectivity index (χ2n) is 8.69. The third-order valence-corrected chi connectivity index (χ3v) is 6.17. The van der Waals surface area contributed by atoms with Crippen LogP contribution in [0.2, 0.25) is 0 Å². The molecule has 2 aromatic heterocycles. The van der Waals surface area contributed by atoms with Gasteiger partial charge in [0.1, 0.15) is 5.75 Å². The van der Waals surface area contributed by atoms with E-state index in [9.17, 15) is 14.7 Å². The normalized spacial score (nSPS) is 10.8. The van der Waals surface area contributed by atoms with E-state index in [1.807, 2.05) is 30.3 Å². The minimum Gasteiger partial charge on any atom is -0.508 e. The minimum atomic E-state index is -0.253. The molecule has 0 saturated carbocycles. The number of phenols is 1. The van der Waals surface area contributed by atoms with Crippen LogP contribution >= 0.6 is 0 Å². The molecule has 5 N–H and O–H groups in total. The highest BCUT2D eigenvalue weighted by Gasteiger charge is 2.18. The Morgan fingerprint density at radius 1 is 0.919 bits per heavy atom. The first kappa shape index (κ1) is 23.7. The number of nitrogens with one attached hydrogen (secondary N) is 2. The van der Waals surface area contributed by atoms with Crippen molar-refractivity contribution in [3.8, 4) is 28.1 Å². The highest BCUT2D eigenvalue weighted by Crippen LogP contribution is 2.32. The summed E-state index contributed by atoms with van der Waals surface area (Å²) in [6, 6.07) is 24.8. The fraction of sp³-hybridized carbons (Fsp3) is 0.0667. The molecule has 7 heteroatoms. The number of nitrogen functional groups attached to an aromatic ring is 1. The molecule has 7 nitrogen and oxygen atoms in total. The van der Waals surface area contributed by atoms with Gasteiger partial charge in [-0.25, -0.2) is 0 Å². The summed E-state index contributed by atoms with van der Waals surface area (Å²) >= 11 is 0. The van der Waals surface area contributed by atoms with Gasteiger partial charge in [-0.15, -0.1) is 0 Å². The molecule has 0 radical (unpaired) electrons. The van der Waals surface area contributed by atoms with E-state index >= 15 is 0 Å². The number of amides is 1. The molecule has 0 aliphatic heterocycles. The molecule has 184 valence electrons. The molecule has 0 saturated heterocycles. The standard InChI is InChI=1S/C30H25N3O4/c31-25-3-1-2-4-26(25)33-30(36)21-8-5-19(6-9-21)7-14-28(35)29-24(20-10-12-23(34)13-11-20)17-27(32-29)22-15-16-37-18-22/h1-6,8-13,15-18,32,34H,7,14,31H2,(H,33,36). The van der Waals surface area contributed by atoms with E-state index in [0.717, 1.165) is 27.9 Å². The lowest BCUT2D eigenvalue weighted by Crippen LogP contribution is -2.13. The number of H-pyrrole nitrogens is 1. The zero-order valence-electron chi connectivity index (χ0n) is 19.9. The van der Waals surface area contributed by atoms with Crippen LogP contribution in [-0.4, -0.2) is 21.8 Å². The van der Waals surface area contributed by atoms with E-state index in [-0.39, 0.29) is 23.9 Å². The van der Waals surface area contributed by atoms with Gasteiger partial charge in [-0.05, 0) is 66.1 Å². The zero-order chi connectivity index (χ0) is 25.8. The number of aromatic amines is 1. The summed E-state index contributed by atoms with van der Waals surface area (Å²) in [5.41, 5.74) is 12.1. The summed E-state index contributed by atoms with van der Waals surface area (Å²) in [7, 11) is 0. The van der Waals surface area contributed by atoms with Crippen LogP contribution in [0.25, 0.3) is 22.4 Å². The van der Waals surface area contributed by atoms with E-state index < -0.39 is 0 Å². The molecule has 5 aromatic rings. The average molecular weight is 492 g/mol. The Kier molecular flexibility index (Phi) is 6.59. The number of ketones is 1. The molecule has 0 aliphatic rings. The number of para-hydroxylation sites is 2. The number of Topliss-reactive ketones (excluding diaryl/α,β-unsaturated/α-hetero) is 1. The lowest BCUT2D eigenvalue weighted by molar-refractivity contribution is 0.0977. The number of hydrogen-bond donors (Lipinski definition) is 4. The first-order valence-electron chi connectivity index (χ1n) is 11.8. The number of phenolic OH excluding ortho intramolecular Hbond substituents is 1. The van der Waals surface area contributed by atoms with Gasteiger partial charge in [-0.3, -0.25) is 9.59 Å². The van der Waals surface area contributed by atoms with Gasteiger partial charge in [-0.2, -0.15) is 0 Å². The maximum absolute atomic E-state index is 13.3. The molecular formula is C30H25N3O4. The summed E-state index contributed by atoms with van der Waals surface area (Å²) in [6.45, 7) is 0. The second-order valence-corrected chi connectivity index (χ2v) is 8.69. The lowest BCUT2D eigenvalue weighted by Gasteiger charge is -2.08. The average Bonchev–Trinajstić information content (AvgIpc) is 3.60. The van der Waals surface area contributed by atoms with Crippen LogP contribution in [0.5, 0.6) is 5.75 Å². The molecule has 1 amide bonds. The Bertz CT molecular complexity index is 1530. The summed E-state index contributed by atoms with van der Waals surface area (Å²) in [5.74, 6) is -0.136. The number of hydrogen-bond acceptors (Lipinski definition) is 5. The van der Waals surface area contributed by atoms with Crippen LogP contribution in [0.4, 0.5) is 11.4 Å². The van der Waals surface area contributed by atoms with Gasteiger partial charge in [0.2, 0.25) is 0 Å². The van der Waals surface area contributed by atoms with Crippen molar-refractivity contribution in [3.63, 3.8) is 0 Å². The monoisotopic (exact) mass is 491 g/mol. The van der Waals surface area contributed by atoms with E-state index in [0.29, 0.717) is 29.1 Å². The molecular weight excluding hydrogens is 466 g/mol. The van der Waals surface area contributed by atoms with E-state index in [4.69, 9.17) is 10.2 Å². The molecule has 5 rings (SSSR count). The Morgan fingerprint density at radius 3 is 2.38 bits per heavy atom. The van der Waals surface area contributed by atoms with Crippen LogP contribution in [0.15, 0.2) is 102 Å². The number of rotatable bonds is 8. The molecule has 3 aromatic carbocycles. The van der Waals surface area contributed by atoms with Gasteiger partial charge in [0, 0.05) is 28.8 Å². The van der Waals surface area contributed by atoms with Gasteiger partial charge in [0.25, 0.3) is 5.91 Å². The first-order valence-corrected chi connectivity index (χ1v) is 11.8. The smallest absolute Gasteiger partial charge is 0.255 e. The predicted octanol–water partition coefficient (Wildman–Crippen LogP) is 6.30. The highest BCUT2D eigenvalue weighted by molar-refractivity contribution is 6.06. The number of aryl methyl sites for hydroxylation is 1. The van der Waals surface area contributed by atoms with E-state index in [2.05, 4.69) is 10.3 Å². The predicted molar refractivity (Wildman–Crippen MR) is 143 cm³/mol. The van der Waals surface area contributed by atoms with Crippen LogP contribution in [0, 0.1) is 0 Å². The van der Waals surface area contributed by atoms with Crippen molar-refractivity contribution in [1.29, 1.82) is 0 Å². The van der Waals surface area contributed by atoms with E-state index in [1.165, 1.54) is 0 Å². The van der Waals surface area contributed by atoms with Gasteiger partial charge >= 0.3 is 0 Å². The van der Waals surface area contributed by atoms with Crippen LogP contribution in [0.1, 0.15) is 32.8 Å². The number of carbonyl (C=O) groups excluding carboxylic acids is 2. The molecule has 0 aliphatic carbocycles. The Morgan fingerprint density at radius 2 is 1.68 bits per heavy atom. The first-order chi connectivity index (χ1) is 18.0. The summed E-state index contributed by atoms with van der Waals surface area (Å²) < 4.78 is 5.20. The molecule has 0 bridgehead atoms. The fourth-order valence-corrected chi connectivity index (χ4v) is 4.13. The number of benzene rings is 3. The van der Waals surface area contributed by atoms with Crippen molar-refractivity contribution in [2.24, 2.45) is 0 Å². The molecule has 0 unspecified atom stereocenters. The summed E-state index contributed by atoms with van der Waals surface area (Å²) in [6.07, 6.45) is 3.99. The minimum absolute atomic E-state index is 0.0424. The third kappa shape index (κ3) is 5.31. The van der Waals surface area contributed by atoms with Crippen molar-refractivity contribution < 1.29 is 19.1 Å². The van der Waals surface area contributed by atoms with Crippen molar-refractivity contribution in [3.05, 3.63) is 114 Å². The molecule has 0 spiro atoms. The molecule has 2 heterocycles. The van der Waals surface area contributed by atoms with Gasteiger partial charge in [-0.1, -0.05) is 36.4 Å². The Hall–Kier alpha value is -5.04. The van der Waals surface area contributed by atoms with Crippen molar-refractivity contribution in [2.45, 2.75) is 12.8 Å². The highest BCUT2D eigenvalue weighted by atomic mass is 16.3. The lowest BCUT2D eigenvalue weighted by atomic mass is 9.99. The Labute approximate surface area is 213 Å². The number of furan rings is 1. The number of anilines is 2. The van der Waals surface area contributed by atoms with E-state index in [1.54, 1.807) is 67.1 Å². The summed E-state index contributed by atoms with van der Waals surface area (Å²) in [5, 5.41) is 12.5. The van der Waals surface area contributed by atoms with Crippen LogP contribution < -0.4 is 11.1 Å². The van der Waals surface area contributed by atoms with Gasteiger partial charge in [0.15, 0.2) is 5.78 Å². The number of aromatic hydroxyl groups is 1. The van der Waals surface area contributed by atoms with Crippen molar-refractivity contribution in [2.75, 3.05) is 11.1 Å². The molecule has 37 heavy (non-hydrogen) atoms. The quantitative estimate of drug-likeness (QED) is 0.150. The van der Waals surface area contributed by atoms with Crippen molar-refractivity contribution >= 4 is 23.1 Å². The van der Waals surface area contributed by atoms with Gasteiger partial charge < -0.3 is 25.6 Å². The summed E-state index contributed by atoms with van der Waals surface area (Å²) in [4.78, 5) is 29.1. The zero-order valence-corrected chi connectivity index (χ0v) is 19.9.